The molecule has 88 valence electrons. The maximum absolute atomic E-state index is 6.00. The fraction of sp³-hybridized carbons (Fsp3) is 0.500. The van der Waals surface area contributed by atoms with Gasteiger partial charge in [-0.15, -0.1) is 0 Å². The van der Waals surface area contributed by atoms with Crippen molar-refractivity contribution in [3.8, 4) is 0 Å². The first-order valence-corrected chi connectivity index (χ1v) is 6.87. The van der Waals surface area contributed by atoms with Gasteiger partial charge in [-0.3, -0.25) is 0 Å². The minimum Gasteiger partial charge on any atom is -0.330 e. The number of rotatable bonds is 2. The van der Waals surface area contributed by atoms with E-state index in [-0.39, 0.29) is 5.41 Å². The predicted octanol–water partition coefficient (Wildman–Crippen LogP) is 2.98. The highest BCUT2D eigenvalue weighted by molar-refractivity contribution is 14.1. The van der Waals surface area contributed by atoms with Crippen LogP contribution < -0.4 is 5.73 Å². The van der Waals surface area contributed by atoms with Crippen LogP contribution >= 0.6 is 34.5 Å². The summed E-state index contributed by atoms with van der Waals surface area (Å²) >= 11 is 8.31. The zero-order valence-electron chi connectivity index (χ0n) is 9.13. The topological polar surface area (TPSA) is 29.3 Å². The van der Waals surface area contributed by atoms with Gasteiger partial charge < -0.3 is 5.73 Å². The molecule has 0 radical (unpaired) electrons. The first-order chi connectivity index (χ1) is 7.66. The zero-order valence-corrected chi connectivity index (χ0v) is 12.0. The third-order valence-electron chi connectivity index (χ3n) is 3.51. The van der Waals surface area contributed by atoms with E-state index in [9.17, 15) is 0 Å². The summed E-state index contributed by atoms with van der Waals surface area (Å²) in [5.41, 5.74) is 7.50. The highest BCUT2D eigenvalue weighted by Crippen LogP contribution is 2.35. The molecule has 0 aliphatic carbocycles. The van der Waals surface area contributed by atoms with Gasteiger partial charge in [0.2, 0.25) is 0 Å². The van der Waals surface area contributed by atoms with Crippen molar-refractivity contribution in [3.05, 3.63) is 34.9 Å². The minimum atomic E-state index is 0.159. The molecule has 0 saturated carbocycles. The lowest BCUT2D eigenvalue weighted by atomic mass is 9.73. The summed E-state index contributed by atoms with van der Waals surface area (Å²) in [7, 11) is 0. The molecule has 16 heavy (non-hydrogen) atoms. The van der Waals surface area contributed by atoms with Crippen LogP contribution in [0.2, 0.25) is 5.02 Å². The Morgan fingerprint density at radius 1 is 1.25 bits per heavy atom. The molecule has 0 unspecified atom stereocenters. The summed E-state index contributed by atoms with van der Waals surface area (Å²) in [5.74, 6) is 0. The van der Waals surface area contributed by atoms with E-state index < -0.39 is 0 Å². The molecule has 2 nitrogen and oxygen atoms in total. The molecule has 1 aliphatic rings. The summed E-state index contributed by atoms with van der Waals surface area (Å²) in [5, 5.41) is 0.794. The Hall–Kier alpha value is 0.160. The van der Waals surface area contributed by atoms with E-state index in [0.29, 0.717) is 0 Å². The molecular weight excluding hydrogens is 335 g/mol. The summed E-state index contributed by atoms with van der Waals surface area (Å²) in [6.45, 7) is 2.94. The maximum atomic E-state index is 6.00. The van der Waals surface area contributed by atoms with Gasteiger partial charge in [-0.2, -0.15) is 0 Å². The van der Waals surface area contributed by atoms with Crippen molar-refractivity contribution in [2.75, 3.05) is 19.6 Å². The average Bonchev–Trinajstić information content (AvgIpc) is 2.32. The van der Waals surface area contributed by atoms with Crippen molar-refractivity contribution in [1.82, 2.24) is 3.11 Å². The second kappa shape index (κ2) is 5.21. The molecule has 1 heterocycles. The first-order valence-electron chi connectivity index (χ1n) is 5.53. The Morgan fingerprint density at radius 2 is 1.81 bits per heavy atom. The van der Waals surface area contributed by atoms with Crippen LogP contribution in [0.25, 0.3) is 0 Å². The Balaban J connectivity index is 2.24. The van der Waals surface area contributed by atoms with E-state index in [1.54, 1.807) is 0 Å². The van der Waals surface area contributed by atoms with Crippen LogP contribution in [0, 0.1) is 0 Å². The van der Waals surface area contributed by atoms with Gasteiger partial charge in [0.25, 0.3) is 0 Å². The normalized spacial score (nSPS) is 20.9. The molecule has 0 bridgehead atoms. The Bertz CT molecular complexity index is 345. The molecule has 2 rings (SSSR count). The van der Waals surface area contributed by atoms with E-state index in [1.165, 1.54) is 5.56 Å². The fourth-order valence-corrected chi connectivity index (χ4v) is 2.93. The number of hydrogen-bond donors (Lipinski definition) is 1. The second-order valence-corrected chi connectivity index (χ2v) is 6.20. The van der Waals surface area contributed by atoms with Crippen LogP contribution in [0.4, 0.5) is 0 Å². The van der Waals surface area contributed by atoms with Crippen molar-refractivity contribution in [2.45, 2.75) is 18.3 Å². The molecular formula is C12H16ClIN2. The summed E-state index contributed by atoms with van der Waals surface area (Å²) in [6.07, 6.45) is 2.27. The lowest BCUT2D eigenvalue weighted by molar-refractivity contribution is 0.264. The van der Waals surface area contributed by atoms with Gasteiger partial charge in [0.15, 0.2) is 0 Å². The van der Waals surface area contributed by atoms with E-state index in [0.717, 1.165) is 37.5 Å². The van der Waals surface area contributed by atoms with Gasteiger partial charge in [0, 0.05) is 52.9 Å². The number of piperidine rings is 1. The van der Waals surface area contributed by atoms with Crippen LogP contribution in [0.5, 0.6) is 0 Å². The Morgan fingerprint density at radius 3 is 2.31 bits per heavy atom. The molecule has 1 aromatic carbocycles. The standard InChI is InChI=1S/C12H16ClIN2/c13-11-3-1-10(2-4-11)12(9-15)5-7-16(14)8-6-12/h1-4H,5-9,15H2. The number of nitrogens with zero attached hydrogens (tertiary/aromatic N) is 1. The third-order valence-corrected chi connectivity index (χ3v) is 4.73. The smallest absolute Gasteiger partial charge is 0.0406 e. The summed E-state index contributed by atoms with van der Waals surface area (Å²) < 4.78 is 2.33. The molecule has 0 amide bonds. The van der Waals surface area contributed by atoms with Gasteiger partial charge in [-0.1, -0.05) is 23.7 Å². The first kappa shape index (κ1) is 12.6. The fourth-order valence-electron chi connectivity index (χ4n) is 2.32. The van der Waals surface area contributed by atoms with Gasteiger partial charge in [0.1, 0.15) is 0 Å². The largest absolute Gasteiger partial charge is 0.330 e. The van der Waals surface area contributed by atoms with Crippen molar-refractivity contribution in [1.29, 1.82) is 0 Å². The van der Waals surface area contributed by atoms with Crippen LogP contribution in [-0.2, 0) is 5.41 Å². The Kier molecular flexibility index (Phi) is 4.11. The average molecular weight is 351 g/mol. The monoisotopic (exact) mass is 350 g/mol. The molecule has 1 aromatic rings. The lowest BCUT2D eigenvalue weighted by Crippen LogP contribution is -2.43. The molecule has 4 heteroatoms. The number of halogens is 2. The van der Waals surface area contributed by atoms with Crippen molar-refractivity contribution in [3.63, 3.8) is 0 Å². The van der Waals surface area contributed by atoms with E-state index >= 15 is 0 Å². The van der Waals surface area contributed by atoms with Gasteiger partial charge in [-0.05, 0) is 30.5 Å². The van der Waals surface area contributed by atoms with Crippen molar-refractivity contribution in [2.24, 2.45) is 5.73 Å². The van der Waals surface area contributed by atoms with E-state index in [1.807, 2.05) is 12.1 Å². The Labute approximate surface area is 116 Å². The van der Waals surface area contributed by atoms with Crippen LogP contribution in [0.1, 0.15) is 18.4 Å². The predicted molar refractivity (Wildman–Crippen MR) is 77.0 cm³/mol. The molecule has 1 aliphatic heterocycles. The molecule has 0 atom stereocenters. The highest BCUT2D eigenvalue weighted by atomic mass is 127. The summed E-state index contributed by atoms with van der Waals surface area (Å²) in [6, 6.07) is 8.17. The SMILES string of the molecule is NCC1(c2ccc(Cl)cc2)CCN(I)CC1. The van der Waals surface area contributed by atoms with Crippen molar-refractivity contribution < 1.29 is 0 Å². The highest BCUT2D eigenvalue weighted by Gasteiger charge is 2.34. The van der Waals surface area contributed by atoms with Crippen LogP contribution in [-0.4, -0.2) is 22.7 Å². The van der Waals surface area contributed by atoms with Gasteiger partial charge in [0.05, 0.1) is 0 Å². The zero-order chi connectivity index (χ0) is 11.6. The van der Waals surface area contributed by atoms with E-state index in [4.69, 9.17) is 17.3 Å². The van der Waals surface area contributed by atoms with Gasteiger partial charge >= 0.3 is 0 Å². The molecule has 0 spiro atoms. The minimum absolute atomic E-state index is 0.159. The van der Waals surface area contributed by atoms with Crippen molar-refractivity contribution >= 4 is 34.5 Å². The van der Waals surface area contributed by atoms with Crippen LogP contribution in [0.15, 0.2) is 24.3 Å². The lowest BCUT2D eigenvalue weighted by Gasteiger charge is -2.39. The van der Waals surface area contributed by atoms with Crippen LogP contribution in [0.3, 0.4) is 0 Å². The molecule has 2 N–H and O–H groups in total. The third kappa shape index (κ3) is 2.53. The molecule has 1 fully saturated rings. The molecule has 1 saturated heterocycles. The second-order valence-electron chi connectivity index (χ2n) is 4.40. The van der Waals surface area contributed by atoms with Gasteiger partial charge in [-0.25, -0.2) is 3.11 Å². The summed E-state index contributed by atoms with van der Waals surface area (Å²) in [4.78, 5) is 0. The van der Waals surface area contributed by atoms with E-state index in [2.05, 4.69) is 38.1 Å². The number of benzene rings is 1. The molecule has 0 aromatic heterocycles. The number of nitrogens with two attached hydrogens (primary N) is 1. The maximum Gasteiger partial charge on any atom is 0.0406 e. The quantitative estimate of drug-likeness (QED) is 0.656. The number of hydrogen-bond acceptors (Lipinski definition) is 2.